The number of benzene rings is 1. The van der Waals surface area contributed by atoms with Crippen LogP contribution in [0, 0.1) is 6.92 Å². The van der Waals surface area contributed by atoms with Crippen molar-refractivity contribution in [1.29, 1.82) is 0 Å². The predicted octanol–water partition coefficient (Wildman–Crippen LogP) is 4.30. The molecule has 1 aromatic heterocycles. The zero-order chi connectivity index (χ0) is 15.9. The van der Waals surface area contributed by atoms with Crippen LogP contribution >= 0.6 is 11.6 Å². The Morgan fingerprint density at radius 1 is 1.36 bits per heavy atom. The normalized spacial score (nSPS) is 11.0. The monoisotopic (exact) mass is 319 g/mol. The molecule has 0 aliphatic carbocycles. The van der Waals surface area contributed by atoms with E-state index in [1.807, 2.05) is 43.3 Å². The molecule has 1 heterocycles. The van der Waals surface area contributed by atoms with E-state index in [2.05, 4.69) is 5.16 Å². The van der Waals surface area contributed by atoms with Crippen LogP contribution < -0.4 is 0 Å². The van der Waals surface area contributed by atoms with Gasteiger partial charge in [0.05, 0.1) is 6.61 Å². The Kier molecular flexibility index (Phi) is 5.78. The number of carbonyl (C=O) groups is 1. The Balaban J connectivity index is 2.06. The summed E-state index contributed by atoms with van der Waals surface area (Å²) in [5.74, 6) is 0.571. The number of esters is 1. The highest BCUT2D eigenvalue weighted by Crippen LogP contribution is 2.21. The third kappa shape index (κ3) is 4.74. The van der Waals surface area contributed by atoms with Crippen molar-refractivity contribution in [3.8, 4) is 0 Å². The highest BCUT2D eigenvalue weighted by atomic mass is 35.5. The van der Waals surface area contributed by atoms with Crippen LogP contribution in [-0.4, -0.2) is 17.7 Å². The fraction of sp³-hybridized carbons (Fsp3) is 0.294. The summed E-state index contributed by atoms with van der Waals surface area (Å²) in [5.41, 5.74) is 2.66. The van der Waals surface area contributed by atoms with Gasteiger partial charge >= 0.3 is 5.97 Å². The third-order valence-electron chi connectivity index (χ3n) is 3.06. The molecule has 0 aliphatic heterocycles. The number of ether oxygens (including phenoxy) is 1. The van der Waals surface area contributed by atoms with Crippen LogP contribution in [0.2, 0.25) is 5.02 Å². The summed E-state index contributed by atoms with van der Waals surface area (Å²) >= 11 is 6.19. The van der Waals surface area contributed by atoms with Gasteiger partial charge in [-0.1, -0.05) is 35.0 Å². The van der Waals surface area contributed by atoms with Crippen molar-refractivity contribution in [2.75, 3.05) is 6.61 Å². The standard InChI is InChI=1S/C17H18ClNO3/c1-3-21-17(20)9-5-13-4-8-16(18)14(11-13)6-7-15-10-12(2)22-19-15/h4,6-8,10-11H,3,5,9H2,1-2H3. The number of aromatic nitrogens is 1. The van der Waals surface area contributed by atoms with E-state index in [-0.39, 0.29) is 5.97 Å². The van der Waals surface area contributed by atoms with E-state index in [0.29, 0.717) is 24.5 Å². The zero-order valence-electron chi connectivity index (χ0n) is 12.6. The Hall–Kier alpha value is -2.07. The van der Waals surface area contributed by atoms with Crippen molar-refractivity contribution in [3.05, 3.63) is 51.9 Å². The van der Waals surface area contributed by atoms with E-state index >= 15 is 0 Å². The molecule has 0 saturated heterocycles. The molecule has 5 heteroatoms. The number of halogens is 1. The van der Waals surface area contributed by atoms with Gasteiger partial charge in [-0.3, -0.25) is 4.79 Å². The summed E-state index contributed by atoms with van der Waals surface area (Å²) in [4.78, 5) is 11.4. The fourth-order valence-electron chi connectivity index (χ4n) is 2.00. The summed E-state index contributed by atoms with van der Waals surface area (Å²) in [5, 5.41) is 4.55. The van der Waals surface area contributed by atoms with Crippen LogP contribution in [0.4, 0.5) is 0 Å². The summed E-state index contributed by atoms with van der Waals surface area (Å²) < 4.78 is 9.94. The molecule has 2 rings (SSSR count). The lowest BCUT2D eigenvalue weighted by Gasteiger charge is -2.05. The molecule has 2 aromatic rings. The van der Waals surface area contributed by atoms with Gasteiger partial charge in [-0.05, 0) is 43.5 Å². The molecule has 4 nitrogen and oxygen atoms in total. The molecule has 0 bridgehead atoms. The summed E-state index contributed by atoms with van der Waals surface area (Å²) in [7, 11) is 0. The topological polar surface area (TPSA) is 52.3 Å². The Bertz CT molecular complexity index is 676. The van der Waals surface area contributed by atoms with E-state index in [1.165, 1.54) is 0 Å². The van der Waals surface area contributed by atoms with Gasteiger partial charge in [0.2, 0.25) is 0 Å². The van der Waals surface area contributed by atoms with Crippen molar-refractivity contribution >= 4 is 29.7 Å². The molecule has 0 amide bonds. The van der Waals surface area contributed by atoms with E-state index in [4.69, 9.17) is 20.9 Å². The van der Waals surface area contributed by atoms with Crippen LogP contribution in [0.1, 0.15) is 35.9 Å². The molecular formula is C17H18ClNO3. The Morgan fingerprint density at radius 3 is 2.86 bits per heavy atom. The van der Waals surface area contributed by atoms with Crippen molar-refractivity contribution in [2.24, 2.45) is 0 Å². The first-order valence-corrected chi connectivity index (χ1v) is 7.51. The maximum Gasteiger partial charge on any atom is 0.306 e. The second kappa shape index (κ2) is 7.80. The molecule has 0 unspecified atom stereocenters. The molecule has 0 N–H and O–H groups in total. The summed E-state index contributed by atoms with van der Waals surface area (Å²) in [6.07, 6.45) is 4.71. The molecule has 1 aromatic carbocycles. The summed E-state index contributed by atoms with van der Waals surface area (Å²) in [6.45, 7) is 4.05. The highest BCUT2D eigenvalue weighted by Gasteiger charge is 2.05. The Morgan fingerprint density at radius 2 is 2.18 bits per heavy atom. The highest BCUT2D eigenvalue weighted by molar-refractivity contribution is 6.32. The fourth-order valence-corrected chi connectivity index (χ4v) is 2.18. The van der Waals surface area contributed by atoms with Crippen LogP contribution in [0.3, 0.4) is 0 Å². The van der Waals surface area contributed by atoms with Gasteiger partial charge in [0.25, 0.3) is 0 Å². The van der Waals surface area contributed by atoms with E-state index < -0.39 is 0 Å². The van der Waals surface area contributed by atoms with Crippen molar-refractivity contribution in [2.45, 2.75) is 26.7 Å². The molecule has 0 saturated carbocycles. The average Bonchev–Trinajstić information content (AvgIpc) is 2.91. The first-order valence-electron chi connectivity index (χ1n) is 7.14. The lowest BCUT2D eigenvalue weighted by molar-refractivity contribution is -0.143. The van der Waals surface area contributed by atoms with Gasteiger partial charge in [-0.2, -0.15) is 0 Å². The van der Waals surface area contributed by atoms with E-state index in [9.17, 15) is 4.79 Å². The predicted molar refractivity (Wildman–Crippen MR) is 86.6 cm³/mol. The third-order valence-corrected chi connectivity index (χ3v) is 3.41. The lowest BCUT2D eigenvalue weighted by atomic mass is 10.1. The number of carbonyl (C=O) groups excluding carboxylic acids is 1. The smallest absolute Gasteiger partial charge is 0.306 e. The lowest BCUT2D eigenvalue weighted by Crippen LogP contribution is -2.05. The second-order valence-electron chi connectivity index (χ2n) is 4.86. The maximum absolute atomic E-state index is 11.4. The zero-order valence-corrected chi connectivity index (χ0v) is 13.4. The largest absolute Gasteiger partial charge is 0.466 e. The van der Waals surface area contributed by atoms with Gasteiger partial charge in [0, 0.05) is 17.5 Å². The molecule has 0 aliphatic rings. The van der Waals surface area contributed by atoms with Gasteiger partial charge in [-0.25, -0.2) is 0 Å². The molecule has 116 valence electrons. The minimum Gasteiger partial charge on any atom is -0.466 e. The second-order valence-corrected chi connectivity index (χ2v) is 5.26. The number of rotatable bonds is 6. The molecule has 0 atom stereocenters. The first-order chi connectivity index (χ1) is 10.6. The van der Waals surface area contributed by atoms with E-state index in [0.717, 1.165) is 22.6 Å². The van der Waals surface area contributed by atoms with Gasteiger partial charge in [-0.15, -0.1) is 0 Å². The van der Waals surface area contributed by atoms with Crippen molar-refractivity contribution < 1.29 is 14.1 Å². The average molecular weight is 320 g/mol. The van der Waals surface area contributed by atoms with Crippen LogP contribution in [-0.2, 0) is 16.0 Å². The number of nitrogens with zero attached hydrogens (tertiary/aromatic N) is 1. The molecular weight excluding hydrogens is 302 g/mol. The van der Waals surface area contributed by atoms with Gasteiger partial charge in [0.15, 0.2) is 0 Å². The van der Waals surface area contributed by atoms with Crippen LogP contribution in [0.25, 0.3) is 12.2 Å². The van der Waals surface area contributed by atoms with Crippen molar-refractivity contribution in [3.63, 3.8) is 0 Å². The van der Waals surface area contributed by atoms with Crippen LogP contribution in [0.15, 0.2) is 28.8 Å². The summed E-state index contributed by atoms with van der Waals surface area (Å²) in [6, 6.07) is 7.55. The number of aryl methyl sites for hydroxylation is 2. The van der Waals surface area contributed by atoms with Gasteiger partial charge < -0.3 is 9.26 Å². The molecule has 0 spiro atoms. The number of hydrogen-bond donors (Lipinski definition) is 0. The number of hydrogen-bond acceptors (Lipinski definition) is 4. The molecule has 22 heavy (non-hydrogen) atoms. The van der Waals surface area contributed by atoms with Gasteiger partial charge in [0.1, 0.15) is 11.5 Å². The van der Waals surface area contributed by atoms with Crippen LogP contribution in [0.5, 0.6) is 0 Å². The maximum atomic E-state index is 11.4. The SMILES string of the molecule is CCOC(=O)CCc1ccc(Cl)c(C=Cc2cc(C)on2)c1. The van der Waals surface area contributed by atoms with Crippen molar-refractivity contribution in [1.82, 2.24) is 5.16 Å². The quantitative estimate of drug-likeness (QED) is 0.745. The minimum absolute atomic E-state index is 0.187. The Labute approximate surface area is 134 Å². The molecule has 0 radical (unpaired) electrons. The minimum atomic E-state index is -0.187. The molecule has 0 fully saturated rings. The van der Waals surface area contributed by atoms with E-state index in [1.54, 1.807) is 6.92 Å². The first kappa shape index (κ1) is 16.3.